The van der Waals surface area contributed by atoms with E-state index >= 15 is 0 Å². The standard InChI is InChI=1S/C30H24F6N2/c1-27(2)19-11-17(13-21(15-19)29(31,32)33)23-7-5-8-24(37-23)18-12-20(16-22(14-18)30(34,35)36)28(3,4)26-10-6-9-25(27)38-26/h5-16H,1-4H3. The molecule has 38 heavy (non-hydrogen) atoms. The molecule has 1 aliphatic rings. The number of nitrogens with zero attached hydrogens (tertiary/aromatic N) is 2. The molecular formula is C30H24F6N2. The van der Waals surface area contributed by atoms with Gasteiger partial charge in [0.2, 0.25) is 0 Å². The van der Waals surface area contributed by atoms with E-state index in [0.717, 1.165) is 24.3 Å². The molecule has 0 N–H and O–H groups in total. The van der Waals surface area contributed by atoms with E-state index in [1.807, 2.05) is 0 Å². The molecule has 4 aromatic rings. The van der Waals surface area contributed by atoms with Crippen molar-refractivity contribution in [2.75, 3.05) is 0 Å². The molecule has 8 bridgehead atoms. The third-order valence-corrected chi connectivity index (χ3v) is 7.33. The summed E-state index contributed by atoms with van der Waals surface area (Å²) in [6.45, 7) is 7.12. The minimum atomic E-state index is -4.61. The van der Waals surface area contributed by atoms with Crippen molar-refractivity contribution in [2.24, 2.45) is 0 Å². The van der Waals surface area contributed by atoms with Gasteiger partial charge in [-0.3, -0.25) is 4.98 Å². The first-order chi connectivity index (χ1) is 17.6. The third-order valence-electron chi connectivity index (χ3n) is 7.33. The lowest BCUT2D eigenvalue weighted by atomic mass is 9.77. The highest BCUT2D eigenvalue weighted by atomic mass is 19.4. The van der Waals surface area contributed by atoms with E-state index < -0.39 is 34.3 Å². The van der Waals surface area contributed by atoms with Gasteiger partial charge in [-0.2, -0.15) is 26.3 Å². The molecular weight excluding hydrogens is 502 g/mol. The van der Waals surface area contributed by atoms with Crippen LogP contribution in [0.3, 0.4) is 0 Å². The van der Waals surface area contributed by atoms with Crippen LogP contribution in [-0.2, 0) is 23.2 Å². The minimum Gasteiger partial charge on any atom is -0.256 e. The summed E-state index contributed by atoms with van der Waals surface area (Å²) >= 11 is 0. The zero-order valence-electron chi connectivity index (χ0n) is 21.1. The number of aromatic nitrogens is 2. The van der Waals surface area contributed by atoms with E-state index in [1.54, 1.807) is 76.2 Å². The lowest BCUT2D eigenvalue weighted by Crippen LogP contribution is -2.26. The molecule has 0 unspecified atom stereocenters. The van der Waals surface area contributed by atoms with Crippen LogP contribution >= 0.6 is 0 Å². The Morgan fingerprint density at radius 3 is 1.32 bits per heavy atom. The highest BCUT2D eigenvalue weighted by molar-refractivity contribution is 5.69. The van der Waals surface area contributed by atoms with E-state index in [2.05, 4.69) is 4.98 Å². The quantitative estimate of drug-likeness (QED) is 0.214. The van der Waals surface area contributed by atoms with Gasteiger partial charge in [0.05, 0.1) is 33.9 Å². The molecule has 0 fully saturated rings. The fraction of sp³-hybridized carbons (Fsp3) is 0.267. The van der Waals surface area contributed by atoms with Crippen LogP contribution in [0.4, 0.5) is 26.3 Å². The van der Waals surface area contributed by atoms with E-state index in [1.165, 1.54) is 0 Å². The van der Waals surface area contributed by atoms with E-state index in [-0.39, 0.29) is 22.5 Å². The highest BCUT2D eigenvalue weighted by Crippen LogP contribution is 2.42. The number of hydrogen-bond donors (Lipinski definition) is 0. The van der Waals surface area contributed by atoms with Crippen LogP contribution in [-0.4, -0.2) is 9.97 Å². The van der Waals surface area contributed by atoms with E-state index in [0.29, 0.717) is 22.5 Å². The summed E-state index contributed by atoms with van der Waals surface area (Å²) in [7, 11) is 0. The van der Waals surface area contributed by atoms with Crippen LogP contribution in [0.15, 0.2) is 72.8 Å². The molecule has 1 aliphatic heterocycles. The summed E-state index contributed by atoms with van der Waals surface area (Å²) in [5.74, 6) is 0. The Kier molecular flexibility index (Phi) is 5.74. The second-order valence-electron chi connectivity index (χ2n) is 10.7. The number of fused-ring (bicyclic) bond motifs is 10. The lowest BCUT2D eigenvalue weighted by Gasteiger charge is -2.31. The smallest absolute Gasteiger partial charge is 0.256 e. The summed E-state index contributed by atoms with van der Waals surface area (Å²) in [6.07, 6.45) is -9.23. The Balaban J connectivity index is 1.91. The summed E-state index contributed by atoms with van der Waals surface area (Å²) < 4.78 is 83.9. The Morgan fingerprint density at radius 1 is 0.526 bits per heavy atom. The molecule has 0 amide bonds. The van der Waals surface area contributed by atoms with Crippen molar-refractivity contribution in [3.63, 3.8) is 0 Å². The molecule has 2 aromatic heterocycles. The van der Waals surface area contributed by atoms with Crippen molar-refractivity contribution in [1.29, 1.82) is 0 Å². The van der Waals surface area contributed by atoms with Crippen molar-refractivity contribution in [1.82, 2.24) is 9.97 Å². The maximum atomic E-state index is 14.0. The van der Waals surface area contributed by atoms with Gasteiger partial charge < -0.3 is 0 Å². The number of halogens is 6. The Hall–Kier alpha value is -3.68. The molecule has 2 nitrogen and oxygen atoms in total. The highest BCUT2D eigenvalue weighted by Gasteiger charge is 2.37. The minimum absolute atomic E-state index is 0.213. The van der Waals surface area contributed by atoms with Crippen molar-refractivity contribution >= 4 is 0 Å². The molecule has 0 radical (unpaired) electrons. The van der Waals surface area contributed by atoms with Gasteiger partial charge in [0.1, 0.15) is 0 Å². The first-order valence-corrected chi connectivity index (χ1v) is 12.0. The summed E-state index contributed by atoms with van der Waals surface area (Å²) in [5.41, 5.74) is -0.921. The van der Waals surface area contributed by atoms with E-state index in [4.69, 9.17) is 4.98 Å². The van der Waals surface area contributed by atoms with Gasteiger partial charge in [0.15, 0.2) is 0 Å². The molecule has 0 spiro atoms. The molecule has 2 aromatic carbocycles. The summed E-state index contributed by atoms with van der Waals surface area (Å²) in [5, 5.41) is 0. The Bertz CT molecular complexity index is 1440. The average Bonchev–Trinajstić information content (AvgIpc) is 2.87. The van der Waals surface area contributed by atoms with Crippen molar-refractivity contribution in [3.05, 3.63) is 106 Å². The monoisotopic (exact) mass is 526 g/mol. The largest absolute Gasteiger partial charge is 0.416 e. The summed E-state index contributed by atoms with van der Waals surface area (Å²) in [6, 6.07) is 17.4. The summed E-state index contributed by atoms with van der Waals surface area (Å²) in [4.78, 5) is 9.34. The van der Waals surface area contributed by atoms with Crippen molar-refractivity contribution in [2.45, 2.75) is 50.9 Å². The topological polar surface area (TPSA) is 25.8 Å². The van der Waals surface area contributed by atoms with Gasteiger partial charge in [-0.25, -0.2) is 4.98 Å². The van der Waals surface area contributed by atoms with Crippen LogP contribution < -0.4 is 0 Å². The van der Waals surface area contributed by atoms with Crippen LogP contribution in [0.1, 0.15) is 61.3 Å². The normalized spacial score (nSPS) is 16.1. The first-order valence-electron chi connectivity index (χ1n) is 12.0. The molecule has 196 valence electrons. The van der Waals surface area contributed by atoms with Crippen molar-refractivity contribution < 1.29 is 26.3 Å². The van der Waals surface area contributed by atoms with Gasteiger partial charge in [-0.15, -0.1) is 0 Å². The zero-order chi connectivity index (χ0) is 27.7. The maximum absolute atomic E-state index is 14.0. The molecule has 0 atom stereocenters. The average molecular weight is 527 g/mol. The van der Waals surface area contributed by atoms with Gasteiger partial charge in [-0.05, 0) is 71.8 Å². The Labute approximate surface area is 216 Å². The molecule has 5 rings (SSSR count). The predicted octanol–water partition coefficient (Wildman–Crippen LogP) is 8.81. The van der Waals surface area contributed by atoms with E-state index in [9.17, 15) is 26.3 Å². The van der Waals surface area contributed by atoms with Crippen LogP contribution in [0.25, 0.3) is 22.5 Å². The number of rotatable bonds is 0. The molecule has 0 saturated carbocycles. The number of pyridine rings is 2. The first kappa shape index (κ1) is 25.9. The third kappa shape index (κ3) is 4.46. The molecule has 0 saturated heterocycles. The predicted molar refractivity (Wildman–Crippen MR) is 134 cm³/mol. The maximum Gasteiger partial charge on any atom is 0.416 e. The fourth-order valence-corrected chi connectivity index (χ4v) is 4.78. The van der Waals surface area contributed by atoms with Crippen LogP contribution in [0.5, 0.6) is 0 Å². The SMILES string of the molecule is CC1(C)c2cc(cc(C(F)(F)F)c2)-c2cccc(n2)-c2cc(C(F)(F)F)cc(c2)C(C)(C)c2cccc1n2. The molecule has 3 heterocycles. The molecule has 0 aliphatic carbocycles. The second kappa shape index (κ2) is 8.41. The zero-order valence-corrected chi connectivity index (χ0v) is 21.1. The van der Waals surface area contributed by atoms with Gasteiger partial charge in [0.25, 0.3) is 0 Å². The molecule has 8 heteroatoms. The number of hydrogen-bond acceptors (Lipinski definition) is 2. The Morgan fingerprint density at radius 2 is 0.921 bits per heavy atom. The number of benzene rings is 2. The van der Waals surface area contributed by atoms with Gasteiger partial charge in [0, 0.05) is 22.0 Å². The van der Waals surface area contributed by atoms with Gasteiger partial charge in [-0.1, -0.05) is 39.8 Å². The van der Waals surface area contributed by atoms with Crippen molar-refractivity contribution in [3.8, 4) is 22.5 Å². The lowest BCUT2D eigenvalue weighted by molar-refractivity contribution is -0.138. The second-order valence-corrected chi connectivity index (χ2v) is 10.7. The number of alkyl halides is 6. The van der Waals surface area contributed by atoms with Crippen LogP contribution in [0, 0.1) is 0 Å². The fourth-order valence-electron chi connectivity index (χ4n) is 4.78. The van der Waals surface area contributed by atoms with Gasteiger partial charge >= 0.3 is 12.4 Å². The van der Waals surface area contributed by atoms with Crippen LogP contribution in [0.2, 0.25) is 0 Å².